The summed E-state index contributed by atoms with van der Waals surface area (Å²) < 4.78 is 20.9. The Bertz CT molecular complexity index is 915. The van der Waals surface area contributed by atoms with Gasteiger partial charge in [-0.05, 0) is 19.8 Å². The Hall–Kier alpha value is -2.26. The number of rotatable bonds is 6. The first-order valence-corrected chi connectivity index (χ1v) is 11.5. The molecule has 31 heavy (non-hydrogen) atoms. The third-order valence-corrected chi connectivity index (χ3v) is 7.00. The van der Waals surface area contributed by atoms with Crippen LogP contribution in [-0.2, 0) is 11.2 Å². The molecule has 0 unspecified atom stereocenters. The fourth-order valence-electron chi connectivity index (χ4n) is 4.94. The SMILES string of the molecule is CCc1nc(Nc2cc(C3CCCC3)[nH]n2)c(F)c(N2CCN(C3(C)COC3)CC2)n1. The molecule has 5 rings (SSSR count). The van der Waals surface area contributed by atoms with Gasteiger partial charge in [0.25, 0.3) is 0 Å². The number of nitrogens with zero attached hydrogens (tertiary/aromatic N) is 5. The molecular weight excluding hydrogens is 397 g/mol. The molecule has 3 aliphatic rings. The highest BCUT2D eigenvalue weighted by atomic mass is 19.1. The van der Waals surface area contributed by atoms with Crippen molar-refractivity contribution in [2.24, 2.45) is 0 Å². The van der Waals surface area contributed by atoms with Gasteiger partial charge in [-0.2, -0.15) is 9.49 Å². The molecular formula is C22H32FN7O. The zero-order chi connectivity index (χ0) is 21.4. The van der Waals surface area contributed by atoms with Crippen LogP contribution in [0.4, 0.5) is 21.8 Å². The van der Waals surface area contributed by atoms with Crippen molar-refractivity contribution in [3.8, 4) is 0 Å². The minimum absolute atomic E-state index is 0.120. The molecule has 0 bridgehead atoms. The zero-order valence-corrected chi connectivity index (χ0v) is 18.5. The Balaban J connectivity index is 1.33. The smallest absolute Gasteiger partial charge is 0.208 e. The molecule has 0 atom stereocenters. The fourth-order valence-corrected chi connectivity index (χ4v) is 4.94. The van der Waals surface area contributed by atoms with Crippen LogP contribution in [0.15, 0.2) is 6.07 Å². The highest BCUT2D eigenvalue weighted by Gasteiger charge is 2.41. The van der Waals surface area contributed by atoms with E-state index in [1.54, 1.807) is 0 Å². The van der Waals surface area contributed by atoms with Crippen molar-refractivity contribution >= 4 is 17.5 Å². The van der Waals surface area contributed by atoms with E-state index in [9.17, 15) is 0 Å². The van der Waals surface area contributed by atoms with E-state index < -0.39 is 5.82 Å². The van der Waals surface area contributed by atoms with E-state index in [1.165, 1.54) is 25.7 Å². The molecule has 2 aromatic rings. The molecule has 3 fully saturated rings. The van der Waals surface area contributed by atoms with Gasteiger partial charge in [-0.3, -0.25) is 10.00 Å². The van der Waals surface area contributed by atoms with Crippen molar-refractivity contribution in [1.82, 2.24) is 25.1 Å². The quantitative estimate of drug-likeness (QED) is 0.730. The molecule has 9 heteroatoms. The van der Waals surface area contributed by atoms with Crippen LogP contribution in [0.1, 0.15) is 57.0 Å². The average Bonchev–Trinajstić information content (AvgIpc) is 3.45. The maximum atomic E-state index is 15.5. The predicted molar refractivity (Wildman–Crippen MR) is 117 cm³/mol. The molecule has 8 nitrogen and oxygen atoms in total. The van der Waals surface area contributed by atoms with Gasteiger partial charge in [0.15, 0.2) is 17.5 Å². The number of nitrogens with one attached hydrogen (secondary N) is 2. The van der Waals surface area contributed by atoms with Gasteiger partial charge in [0.05, 0.1) is 18.8 Å². The van der Waals surface area contributed by atoms with Crippen LogP contribution in [0.3, 0.4) is 0 Å². The van der Waals surface area contributed by atoms with Gasteiger partial charge in [0, 0.05) is 50.3 Å². The summed E-state index contributed by atoms with van der Waals surface area (Å²) in [6, 6.07) is 1.99. The lowest BCUT2D eigenvalue weighted by molar-refractivity contribution is -0.131. The number of aryl methyl sites for hydroxylation is 1. The van der Waals surface area contributed by atoms with E-state index >= 15 is 4.39 Å². The average molecular weight is 430 g/mol. The maximum Gasteiger partial charge on any atom is 0.208 e. The number of anilines is 3. The second-order valence-electron chi connectivity index (χ2n) is 9.26. The Labute approximate surface area is 182 Å². The summed E-state index contributed by atoms with van der Waals surface area (Å²) >= 11 is 0. The van der Waals surface area contributed by atoms with Crippen LogP contribution >= 0.6 is 0 Å². The molecule has 2 N–H and O–H groups in total. The number of piperazine rings is 1. The van der Waals surface area contributed by atoms with Crippen molar-refractivity contribution in [2.75, 3.05) is 49.6 Å². The monoisotopic (exact) mass is 429 g/mol. The van der Waals surface area contributed by atoms with Gasteiger partial charge in [-0.15, -0.1) is 0 Å². The minimum atomic E-state index is -0.408. The van der Waals surface area contributed by atoms with Gasteiger partial charge >= 0.3 is 0 Å². The standard InChI is InChI=1S/C22H32FN7O/c1-3-17-24-20(25-18-12-16(27-28-18)15-6-4-5-7-15)19(23)21(26-17)29-8-10-30(11-9-29)22(2)13-31-14-22/h12,15H,3-11,13-14H2,1-2H3,(H2,24,25,26,27,28). The summed E-state index contributed by atoms with van der Waals surface area (Å²) in [4.78, 5) is 13.4. The molecule has 2 aliphatic heterocycles. The molecule has 0 radical (unpaired) electrons. The molecule has 4 heterocycles. The van der Waals surface area contributed by atoms with Gasteiger partial charge < -0.3 is 15.0 Å². The second-order valence-corrected chi connectivity index (χ2v) is 9.26. The van der Waals surface area contributed by atoms with E-state index in [2.05, 4.69) is 37.3 Å². The van der Waals surface area contributed by atoms with E-state index in [4.69, 9.17) is 4.74 Å². The Morgan fingerprint density at radius 2 is 1.94 bits per heavy atom. The minimum Gasteiger partial charge on any atom is -0.377 e. The van der Waals surface area contributed by atoms with Crippen molar-refractivity contribution in [2.45, 2.75) is 57.4 Å². The first kappa shape index (κ1) is 20.6. The first-order valence-electron chi connectivity index (χ1n) is 11.5. The lowest BCUT2D eigenvalue weighted by Crippen LogP contribution is -2.64. The normalized spacial score (nSPS) is 22.0. The summed E-state index contributed by atoms with van der Waals surface area (Å²) in [5.74, 6) is 1.94. The summed E-state index contributed by atoms with van der Waals surface area (Å²) in [7, 11) is 0. The van der Waals surface area contributed by atoms with Crippen LogP contribution in [0.25, 0.3) is 0 Å². The van der Waals surface area contributed by atoms with Gasteiger partial charge in [0.1, 0.15) is 5.82 Å². The molecule has 2 saturated heterocycles. The topological polar surface area (TPSA) is 82.2 Å². The molecule has 1 saturated carbocycles. The van der Waals surface area contributed by atoms with Crippen LogP contribution in [0, 0.1) is 5.82 Å². The van der Waals surface area contributed by atoms with E-state index in [1.807, 2.05) is 17.9 Å². The number of H-pyrrole nitrogens is 1. The van der Waals surface area contributed by atoms with Crippen molar-refractivity contribution in [3.05, 3.63) is 23.4 Å². The van der Waals surface area contributed by atoms with Crippen LogP contribution in [0.2, 0.25) is 0 Å². The lowest BCUT2D eigenvalue weighted by Gasteiger charge is -2.50. The van der Waals surface area contributed by atoms with Crippen molar-refractivity contribution in [3.63, 3.8) is 0 Å². The fraction of sp³-hybridized carbons (Fsp3) is 0.682. The van der Waals surface area contributed by atoms with Crippen LogP contribution in [-0.4, -0.2) is 70.0 Å². The summed E-state index contributed by atoms with van der Waals surface area (Å²) in [6.45, 7) is 8.99. The maximum absolute atomic E-state index is 15.5. The van der Waals surface area contributed by atoms with Gasteiger partial charge in [0.2, 0.25) is 5.82 Å². The first-order chi connectivity index (χ1) is 15.1. The number of hydrogen-bond acceptors (Lipinski definition) is 7. The third-order valence-electron chi connectivity index (χ3n) is 7.00. The number of hydrogen-bond donors (Lipinski definition) is 2. The van der Waals surface area contributed by atoms with E-state index in [0.29, 0.717) is 29.8 Å². The largest absolute Gasteiger partial charge is 0.377 e. The molecule has 1 aliphatic carbocycles. The predicted octanol–water partition coefficient (Wildman–Crippen LogP) is 3.21. The number of aromatic amines is 1. The molecule has 0 spiro atoms. The van der Waals surface area contributed by atoms with Crippen LogP contribution < -0.4 is 10.2 Å². The summed E-state index contributed by atoms with van der Waals surface area (Å²) in [5.41, 5.74) is 1.24. The van der Waals surface area contributed by atoms with Crippen molar-refractivity contribution in [1.29, 1.82) is 0 Å². The Morgan fingerprint density at radius 1 is 1.19 bits per heavy atom. The number of aromatic nitrogens is 4. The zero-order valence-electron chi connectivity index (χ0n) is 18.5. The third kappa shape index (κ3) is 4.01. The molecule has 0 aromatic carbocycles. The summed E-state index contributed by atoms with van der Waals surface area (Å²) in [5, 5.41) is 10.6. The van der Waals surface area contributed by atoms with E-state index in [-0.39, 0.29) is 11.4 Å². The highest BCUT2D eigenvalue weighted by Crippen LogP contribution is 2.34. The van der Waals surface area contributed by atoms with Crippen molar-refractivity contribution < 1.29 is 9.13 Å². The lowest BCUT2D eigenvalue weighted by atomic mass is 9.97. The summed E-state index contributed by atoms with van der Waals surface area (Å²) in [6.07, 6.45) is 5.53. The number of ether oxygens (including phenoxy) is 1. The second kappa shape index (κ2) is 8.35. The number of halogens is 1. The van der Waals surface area contributed by atoms with Gasteiger partial charge in [-0.25, -0.2) is 9.97 Å². The van der Waals surface area contributed by atoms with Crippen LogP contribution in [0.5, 0.6) is 0 Å². The van der Waals surface area contributed by atoms with Gasteiger partial charge in [-0.1, -0.05) is 19.8 Å². The van der Waals surface area contributed by atoms with E-state index in [0.717, 1.165) is 45.1 Å². The molecule has 168 valence electrons. The highest BCUT2D eigenvalue weighted by molar-refractivity contribution is 5.59. The Morgan fingerprint density at radius 3 is 2.58 bits per heavy atom. The Kier molecular flexibility index (Phi) is 5.56. The molecule has 2 aromatic heterocycles. The molecule has 0 amide bonds.